The molecule has 0 heterocycles. The third-order valence-corrected chi connectivity index (χ3v) is 1.37. The van der Waals surface area contributed by atoms with Crippen LogP contribution in [-0.4, -0.2) is 13.1 Å². The fourth-order valence-electron chi connectivity index (χ4n) is 0.493. The van der Waals surface area contributed by atoms with Crippen molar-refractivity contribution < 1.29 is 0 Å². The van der Waals surface area contributed by atoms with Crippen LogP contribution in [0.5, 0.6) is 0 Å². The minimum absolute atomic E-state index is 0.245. The van der Waals surface area contributed by atoms with Crippen molar-refractivity contribution in [3.8, 4) is 0 Å². The summed E-state index contributed by atoms with van der Waals surface area (Å²) >= 11 is 0. The van der Waals surface area contributed by atoms with Gasteiger partial charge in [-0.3, -0.25) is 0 Å². The zero-order chi connectivity index (χ0) is 6.62. The normalized spacial score (nSPS) is 12.0. The highest BCUT2D eigenvalue weighted by molar-refractivity contribution is 4.68. The van der Waals surface area contributed by atoms with Crippen LogP contribution in [0.15, 0.2) is 0 Å². The monoisotopic (exact) mass is 116 g/mol. The first kappa shape index (κ1) is 7.92. The zero-order valence-corrected chi connectivity index (χ0v) is 5.78. The molecule has 4 N–H and O–H groups in total. The molecule has 0 aliphatic heterocycles. The van der Waals surface area contributed by atoms with Crippen LogP contribution in [0.25, 0.3) is 0 Å². The van der Waals surface area contributed by atoms with Crippen molar-refractivity contribution >= 4 is 0 Å². The largest absolute Gasteiger partial charge is 0.330 e. The van der Waals surface area contributed by atoms with E-state index >= 15 is 0 Å². The lowest BCUT2D eigenvalue weighted by Crippen LogP contribution is -2.26. The molecule has 0 aromatic heterocycles. The molecule has 0 unspecified atom stereocenters. The van der Waals surface area contributed by atoms with Gasteiger partial charge in [-0.2, -0.15) is 0 Å². The van der Waals surface area contributed by atoms with Crippen molar-refractivity contribution in [2.45, 2.75) is 20.3 Å². The van der Waals surface area contributed by atoms with E-state index in [0.717, 1.165) is 19.5 Å². The van der Waals surface area contributed by atoms with E-state index in [1.807, 2.05) is 0 Å². The molecule has 0 aromatic rings. The lowest BCUT2D eigenvalue weighted by molar-refractivity contribution is 0.354. The van der Waals surface area contributed by atoms with Crippen molar-refractivity contribution in [1.29, 1.82) is 0 Å². The van der Waals surface area contributed by atoms with Gasteiger partial charge in [0, 0.05) is 0 Å². The number of hydrogen-bond donors (Lipinski definition) is 2. The van der Waals surface area contributed by atoms with Crippen LogP contribution >= 0.6 is 0 Å². The van der Waals surface area contributed by atoms with E-state index < -0.39 is 0 Å². The Hall–Kier alpha value is -0.0800. The lowest BCUT2D eigenvalue weighted by Gasteiger charge is -2.20. The highest BCUT2D eigenvalue weighted by atomic mass is 14.6. The summed E-state index contributed by atoms with van der Waals surface area (Å²) in [6.45, 7) is 5.72. The van der Waals surface area contributed by atoms with E-state index in [4.69, 9.17) is 11.5 Å². The van der Waals surface area contributed by atoms with Crippen LogP contribution < -0.4 is 11.5 Å². The molecule has 0 radical (unpaired) electrons. The van der Waals surface area contributed by atoms with Gasteiger partial charge in [0.2, 0.25) is 0 Å². The van der Waals surface area contributed by atoms with Crippen LogP contribution in [-0.2, 0) is 0 Å². The van der Waals surface area contributed by atoms with E-state index in [-0.39, 0.29) is 5.41 Å². The van der Waals surface area contributed by atoms with Gasteiger partial charge in [-0.1, -0.05) is 13.8 Å². The molecule has 2 nitrogen and oxygen atoms in total. The molecular formula is C6H16N2. The fraction of sp³-hybridized carbons (Fsp3) is 1.00. The second-order valence-corrected chi connectivity index (χ2v) is 2.91. The zero-order valence-electron chi connectivity index (χ0n) is 5.78. The number of rotatable bonds is 3. The third-order valence-electron chi connectivity index (χ3n) is 1.37. The topological polar surface area (TPSA) is 52.0 Å². The molecule has 0 saturated heterocycles. The van der Waals surface area contributed by atoms with E-state index in [9.17, 15) is 0 Å². The molecule has 0 saturated carbocycles. The molecule has 0 amide bonds. The van der Waals surface area contributed by atoms with Crippen molar-refractivity contribution in [2.24, 2.45) is 16.9 Å². The maximum atomic E-state index is 5.44. The highest BCUT2D eigenvalue weighted by Gasteiger charge is 2.12. The van der Waals surface area contributed by atoms with Gasteiger partial charge in [-0.15, -0.1) is 0 Å². The molecule has 0 atom stereocenters. The first-order valence-electron chi connectivity index (χ1n) is 3.02. The second-order valence-electron chi connectivity index (χ2n) is 2.91. The molecule has 2 heteroatoms. The van der Waals surface area contributed by atoms with E-state index in [2.05, 4.69) is 13.8 Å². The fourth-order valence-corrected chi connectivity index (χ4v) is 0.493. The Morgan fingerprint density at radius 1 is 1.25 bits per heavy atom. The predicted octanol–water partition coefficient (Wildman–Crippen LogP) is 0.320. The summed E-state index contributed by atoms with van der Waals surface area (Å²) in [5.74, 6) is 0. The highest BCUT2D eigenvalue weighted by Crippen LogP contribution is 2.15. The molecule has 50 valence electrons. The Balaban J connectivity index is 3.37. The SMILES string of the molecule is CC(C)(CN)CCN. The van der Waals surface area contributed by atoms with E-state index in [1.165, 1.54) is 0 Å². The molecule has 8 heavy (non-hydrogen) atoms. The summed E-state index contributed by atoms with van der Waals surface area (Å²) in [5, 5.41) is 0. The maximum absolute atomic E-state index is 5.44. The smallest absolute Gasteiger partial charge is 0.00253 e. The molecule has 0 fully saturated rings. The Kier molecular flexibility index (Phi) is 3.02. The quantitative estimate of drug-likeness (QED) is 0.558. The van der Waals surface area contributed by atoms with Crippen LogP contribution in [0.3, 0.4) is 0 Å². The summed E-state index contributed by atoms with van der Waals surface area (Å²) in [4.78, 5) is 0. The molecule has 0 rings (SSSR count). The third kappa shape index (κ3) is 2.99. The summed E-state index contributed by atoms with van der Waals surface area (Å²) in [6, 6.07) is 0. The average molecular weight is 116 g/mol. The Bertz CT molecular complexity index is 59.5. The van der Waals surface area contributed by atoms with Gasteiger partial charge in [0.1, 0.15) is 0 Å². The Labute approximate surface area is 51.2 Å². The van der Waals surface area contributed by atoms with Gasteiger partial charge in [0.05, 0.1) is 0 Å². The number of nitrogens with two attached hydrogens (primary N) is 2. The standard InChI is InChI=1S/C6H16N2/c1-6(2,5-8)3-4-7/h3-5,7-8H2,1-2H3. The molecule has 0 aromatic carbocycles. The van der Waals surface area contributed by atoms with Crippen molar-refractivity contribution in [1.82, 2.24) is 0 Å². The van der Waals surface area contributed by atoms with Crippen molar-refractivity contribution in [3.05, 3.63) is 0 Å². The van der Waals surface area contributed by atoms with Gasteiger partial charge in [0.15, 0.2) is 0 Å². The van der Waals surface area contributed by atoms with Crippen LogP contribution in [0, 0.1) is 5.41 Å². The van der Waals surface area contributed by atoms with Gasteiger partial charge >= 0.3 is 0 Å². The van der Waals surface area contributed by atoms with Crippen molar-refractivity contribution in [2.75, 3.05) is 13.1 Å². The molecular weight excluding hydrogens is 100 g/mol. The summed E-state index contributed by atoms with van der Waals surface area (Å²) in [6.07, 6.45) is 1.02. The molecule has 0 spiro atoms. The summed E-state index contributed by atoms with van der Waals surface area (Å²) in [5.41, 5.74) is 11.0. The first-order chi connectivity index (χ1) is 3.62. The molecule has 0 bridgehead atoms. The molecule has 0 aliphatic rings. The van der Waals surface area contributed by atoms with Crippen LogP contribution in [0.2, 0.25) is 0 Å². The summed E-state index contributed by atoms with van der Waals surface area (Å²) < 4.78 is 0. The first-order valence-corrected chi connectivity index (χ1v) is 3.02. The predicted molar refractivity (Wildman–Crippen MR) is 36.5 cm³/mol. The van der Waals surface area contributed by atoms with E-state index in [0.29, 0.717) is 0 Å². The minimum atomic E-state index is 0.245. The second kappa shape index (κ2) is 3.05. The van der Waals surface area contributed by atoms with Gasteiger partial charge < -0.3 is 11.5 Å². The van der Waals surface area contributed by atoms with Gasteiger partial charge in [-0.25, -0.2) is 0 Å². The Morgan fingerprint density at radius 3 is 1.88 bits per heavy atom. The maximum Gasteiger partial charge on any atom is -0.00253 e. The lowest BCUT2D eigenvalue weighted by atomic mass is 9.90. The van der Waals surface area contributed by atoms with Gasteiger partial charge in [-0.05, 0) is 24.9 Å². The molecule has 0 aliphatic carbocycles. The van der Waals surface area contributed by atoms with Crippen LogP contribution in [0.1, 0.15) is 20.3 Å². The van der Waals surface area contributed by atoms with E-state index in [1.54, 1.807) is 0 Å². The van der Waals surface area contributed by atoms with Crippen molar-refractivity contribution in [3.63, 3.8) is 0 Å². The number of hydrogen-bond acceptors (Lipinski definition) is 2. The van der Waals surface area contributed by atoms with Crippen LogP contribution in [0.4, 0.5) is 0 Å². The van der Waals surface area contributed by atoms with Gasteiger partial charge in [0.25, 0.3) is 0 Å². The summed E-state index contributed by atoms with van der Waals surface area (Å²) in [7, 11) is 0. The Morgan fingerprint density at radius 2 is 1.75 bits per heavy atom. The average Bonchev–Trinajstić information content (AvgIpc) is 1.67. The minimum Gasteiger partial charge on any atom is -0.330 e.